The van der Waals surface area contributed by atoms with E-state index in [1.165, 1.54) is 4.88 Å². The molecule has 7 nitrogen and oxygen atoms in total. The monoisotopic (exact) mass is 318 g/mol. The van der Waals surface area contributed by atoms with E-state index < -0.39 is 5.91 Å². The van der Waals surface area contributed by atoms with Crippen LogP contribution in [0.25, 0.3) is 0 Å². The van der Waals surface area contributed by atoms with Gasteiger partial charge in [0, 0.05) is 37.3 Å². The van der Waals surface area contributed by atoms with Crippen molar-refractivity contribution in [3.05, 3.63) is 28.9 Å². The number of nitrogens with zero attached hydrogens (tertiary/aromatic N) is 5. The molecule has 1 fully saturated rings. The number of thiazole rings is 1. The van der Waals surface area contributed by atoms with Crippen LogP contribution in [-0.4, -0.2) is 47.3 Å². The molecule has 0 bridgehead atoms. The molecule has 2 aromatic rings. The number of carbonyl (C=O) groups excluding carboxylic acids is 1. The van der Waals surface area contributed by atoms with Crippen LogP contribution in [0.15, 0.2) is 18.3 Å². The number of hydrogen-bond acceptors (Lipinski definition) is 7. The van der Waals surface area contributed by atoms with E-state index in [2.05, 4.69) is 31.9 Å². The van der Waals surface area contributed by atoms with Crippen molar-refractivity contribution >= 4 is 28.2 Å². The van der Waals surface area contributed by atoms with Crippen LogP contribution in [0, 0.1) is 0 Å². The summed E-state index contributed by atoms with van der Waals surface area (Å²) >= 11 is 1.76. The van der Waals surface area contributed by atoms with Crippen LogP contribution in [0.3, 0.4) is 0 Å². The lowest BCUT2D eigenvalue weighted by Crippen LogP contribution is -2.46. The molecule has 0 spiro atoms. The number of primary amides is 1. The Balaban J connectivity index is 1.62. The van der Waals surface area contributed by atoms with Crippen LogP contribution >= 0.6 is 11.3 Å². The van der Waals surface area contributed by atoms with Crippen molar-refractivity contribution in [1.29, 1.82) is 0 Å². The molecule has 2 aromatic heterocycles. The van der Waals surface area contributed by atoms with Crippen molar-refractivity contribution in [2.75, 3.05) is 36.0 Å². The van der Waals surface area contributed by atoms with E-state index in [4.69, 9.17) is 5.73 Å². The summed E-state index contributed by atoms with van der Waals surface area (Å²) in [5.74, 6) is 0.220. The first kappa shape index (κ1) is 14.7. The molecule has 0 saturated carbocycles. The number of amides is 1. The Morgan fingerprint density at radius 2 is 1.95 bits per heavy atom. The number of rotatable bonds is 4. The topological polar surface area (TPSA) is 88.2 Å². The molecule has 0 radical (unpaired) electrons. The molecule has 0 aliphatic carbocycles. The first-order valence-electron chi connectivity index (χ1n) is 7.25. The number of anilines is 2. The molecule has 1 saturated heterocycles. The molecular weight excluding hydrogens is 300 g/mol. The number of nitrogens with two attached hydrogens (primary N) is 1. The summed E-state index contributed by atoms with van der Waals surface area (Å²) in [5.41, 5.74) is 5.36. The van der Waals surface area contributed by atoms with Gasteiger partial charge in [-0.1, -0.05) is 6.92 Å². The minimum absolute atomic E-state index is 0.192. The normalized spacial score (nSPS) is 15.1. The summed E-state index contributed by atoms with van der Waals surface area (Å²) in [5, 5.41) is 9.03. The van der Waals surface area contributed by atoms with Crippen LogP contribution in [0.1, 0.15) is 22.3 Å². The van der Waals surface area contributed by atoms with Crippen LogP contribution < -0.4 is 15.5 Å². The third-order valence-electron chi connectivity index (χ3n) is 3.67. The van der Waals surface area contributed by atoms with Gasteiger partial charge in [0.05, 0.1) is 0 Å². The Hall–Kier alpha value is -2.22. The maximum absolute atomic E-state index is 11.0. The third-order valence-corrected chi connectivity index (χ3v) is 4.87. The van der Waals surface area contributed by atoms with Gasteiger partial charge in [-0.05, 0) is 18.6 Å². The van der Waals surface area contributed by atoms with Crippen molar-refractivity contribution in [2.45, 2.75) is 13.3 Å². The Labute approximate surface area is 132 Å². The highest BCUT2D eigenvalue weighted by Gasteiger charge is 2.20. The fourth-order valence-electron chi connectivity index (χ4n) is 2.36. The summed E-state index contributed by atoms with van der Waals surface area (Å²) in [4.78, 5) is 21.3. The van der Waals surface area contributed by atoms with Crippen molar-refractivity contribution in [1.82, 2.24) is 15.2 Å². The first-order valence-corrected chi connectivity index (χ1v) is 8.07. The second kappa shape index (κ2) is 6.27. The van der Waals surface area contributed by atoms with Crippen molar-refractivity contribution in [2.24, 2.45) is 5.73 Å². The zero-order chi connectivity index (χ0) is 15.5. The van der Waals surface area contributed by atoms with Gasteiger partial charge in [0.15, 0.2) is 16.6 Å². The molecule has 1 amide bonds. The molecular formula is C14H18N6OS. The fraction of sp³-hybridized carbons (Fsp3) is 0.429. The van der Waals surface area contributed by atoms with Gasteiger partial charge < -0.3 is 15.5 Å². The fourth-order valence-corrected chi connectivity index (χ4v) is 3.26. The van der Waals surface area contributed by atoms with Gasteiger partial charge in [0.2, 0.25) is 0 Å². The Bertz CT molecular complexity index is 648. The molecule has 0 atom stereocenters. The number of aromatic nitrogens is 3. The third kappa shape index (κ3) is 3.01. The quantitative estimate of drug-likeness (QED) is 0.902. The Morgan fingerprint density at radius 3 is 2.50 bits per heavy atom. The second-order valence-corrected chi connectivity index (χ2v) is 6.17. The van der Waals surface area contributed by atoms with Crippen LogP contribution in [0.2, 0.25) is 0 Å². The lowest BCUT2D eigenvalue weighted by Gasteiger charge is -2.34. The number of hydrogen-bond donors (Lipinski definition) is 1. The number of aryl methyl sites for hydroxylation is 1. The summed E-state index contributed by atoms with van der Waals surface area (Å²) < 4.78 is 0. The van der Waals surface area contributed by atoms with E-state index in [9.17, 15) is 4.79 Å². The van der Waals surface area contributed by atoms with Gasteiger partial charge >= 0.3 is 0 Å². The zero-order valence-electron chi connectivity index (χ0n) is 12.4. The van der Waals surface area contributed by atoms with E-state index in [1.807, 2.05) is 6.20 Å². The summed E-state index contributed by atoms with van der Waals surface area (Å²) in [6.45, 7) is 5.65. The number of carbonyl (C=O) groups is 1. The van der Waals surface area contributed by atoms with Gasteiger partial charge in [0.25, 0.3) is 5.91 Å². The second-order valence-electron chi connectivity index (χ2n) is 5.08. The molecule has 3 rings (SSSR count). The minimum Gasteiger partial charge on any atom is -0.364 e. The van der Waals surface area contributed by atoms with Gasteiger partial charge in [-0.2, -0.15) is 0 Å². The molecule has 2 N–H and O–H groups in total. The van der Waals surface area contributed by atoms with Crippen LogP contribution in [-0.2, 0) is 6.42 Å². The predicted octanol–water partition coefficient (Wildman–Crippen LogP) is 0.921. The van der Waals surface area contributed by atoms with E-state index >= 15 is 0 Å². The summed E-state index contributed by atoms with van der Waals surface area (Å²) in [6.07, 6.45) is 2.99. The van der Waals surface area contributed by atoms with Crippen molar-refractivity contribution < 1.29 is 4.79 Å². The molecule has 0 aromatic carbocycles. The molecule has 116 valence electrons. The van der Waals surface area contributed by atoms with E-state index in [1.54, 1.807) is 23.5 Å². The molecule has 1 aliphatic heterocycles. The van der Waals surface area contributed by atoms with Crippen molar-refractivity contribution in [3.63, 3.8) is 0 Å². The Kier molecular flexibility index (Phi) is 4.19. The first-order chi connectivity index (χ1) is 10.7. The van der Waals surface area contributed by atoms with Crippen LogP contribution in [0.5, 0.6) is 0 Å². The highest BCUT2D eigenvalue weighted by atomic mass is 32.1. The lowest BCUT2D eigenvalue weighted by molar-refractivity contribution is 0.0994. The lowest BCUT2D eigenvalue weighted by atomic mass is 10.3. The van der Waals surface area contributed by atoms with Gasteiger partial charge in [-0.25, -0.2) is 4.98 Å². The van der Waals surface area contributed by atoms with Gasteiger partial charge in [0.1, 0.15) is 0 Å². The molecule has 1 aliphatic rings. The summed E-state index contributed by atoms with van der Waals surface area (Å²) in [7, 11) is 0. The average Bonchev–Trinajstić information content (AvgIpc) is 3.04. The van der Waals surface area contributed by atoms with Crippen LogP contribution in [0.4, 0.5) is 10.9 Å². The predicted molar refractivity (Wildman–Crippen MR) is 86.5 cm³/mol. The molecule has 8 heteroatoms. The smallest absolute Gasteiger partial charge is 0.269 e. The minimum atomic E-state index is -0.556. The van der Waals surface area contributed by atoms with E-state index in [0.717, 1.165) is 43.5 Å². The summed E-state index contributed by atoms with van der Waals surface area (Å²) in [6, 6.07) is 3.41. The SMILES string of the molecule is CCc1cnc(N2CCN(c3ccc(C(N)=O)nn3)CC2)s1. The number of piperazine rings is 1. The average molecular weight is 318 g/mol. The van der Waals surface area contributed by atoms with E-state index in [0.29, 0.717) is 0 Å². The highest BCUT2D eigenvalue weighted by molar-refractivity contribution is 7.15. The molecule has 22 heavy (non-hydrogen) atoms. The largest absolute Gasteiger partial charge is 0.364 e. The van der Waals surface area contributed by atoms with Crippen molar-refractivity contribution in [3.8, 4) is 0 Å². The van der Waals surface area contributed by atoms with Gasteiger partial charge in [-0.15, -0.1) is 21.5 Å². The molecule has 3 heterocycles. The maximum Gasteiger partial charge on any atom is 0.269 e. The van der Waals surface area contributed by atoms with E-state index in [-0.39, 0.29) is 5.69 Å². The highest BCUT2D eigenvalue weighted by Crippen LogP contribution is 2.24. The maximum atomic E-state index is 11.0. The standard InChI is InChI=1S/C14H18N6OS/c1-2-10-9-16-14(22-10)20-7-5-19(6-8-20)12-4-3-11(13(15)21)17-18-12/h3-4,9H,2,5-8H2,1H3,(H2,15,21). The Morgan fingerprint density at radius 1 is 1.23 bits per heavy atom. The molecule has 0 unspecified atom stereocenters. The van der Waals surface area contributed by atoms with Gasteiger partial charge in [-0.3, -0.25) is 4.79 Å². The zero-order valence-corrected chi connectivity index (χ0v) is 13.2.